The molecule has 0 amide bonds. The molecule has 57 heavy (non-hydrogen) atoms. The number of fused-ring (bicyclic) bond motifs is 6. The first-order chi connectivity index (χ1) is 28.3. The van der Waals surface area contributed by atoms with E-state index in [1.807, 2.05) is 0 Å². The molecule has 0 spiro atoms. The molecule has 0 unspecified atom stereocenters. The Hall–Kier alpha value is -7.20. The molecular weight excluding hydrogens is 705 g/mol. The highest BCUT2D eigenvalue weighted by atomic mass is 28.3. The zero-order valence-corrected chi connectivity index (χ0v) is 32.3. The lowest BCUT2D eigenvalue weighted by atomic mass is 10.0. The van der Waals surface area contributed by atoms with Crippen LogP contribution in [0.3, 0.4) is 0 Å². The third-order valence-electron chi connectivity index (χ3n) is 11.9. The Morgan fingerprint density at radius 3 is 1.49 bits per heavy atom. The van der Waals surface area contributed by atoms with E-state index < -0.39 is 8.07 Å². The van der Waals surface area contributed by atoms with Gasteiger partial charge in [-0.05, 0) is 68.3 Å². The fourth-order valence-electron chi connectivity index (χ4n) is 9.51. The first kappa shape index (κ1) is 33.2. The van der Waals surface area contributed by atoms with Gasteiger partial charge in [-0.15, -0.1) is 0 Å². The molecule has 0 fully saturated rings. The molecule has 3 heteroatoms. The summed E-state index contributed by atoms with van der Waals surface area (Å²) in [6, 6.07) is 85.2. The molecule has 0 atom stereocenters. The van der Waals surface area contributed by atoms with Crippen LogP contribution in [0.15, 0.2) is 231 Å². The zero-order valence-electron chi connectivity index (χ0n) is 31.3. The van der Waals surface area contributed by atoms with E-state index in [1.165, 1.54) is 75.5 Å². The maximum absolute atomic E-state index is 2.87. The lowest BCUT2D eigenvalue weighted by molar-refractivity contribution is 1.13. The van der Waals surface area contributed by atoms with Crippen molar-refractivity contribution in [3.63, 3.8) is 0 Å². The fraction of sp³-hybridized carbons (Fsp3) is 0. The minimum absolute atomic E-state index is 1.14. The van der Waals surface area contributed by atoms with Crippen LogP contribution >= 0.6 is 0 Å². The quantitative estimate of drug-likeness (QED) is 0.114. The third kappa shape index (κ3) is 5.10. The van der Waals surface area contributed by atoms with Crippen molar-refractivity contribution in [3.8, 4) is 22.5 Å². The van der Waals surface area contributed by atoms with E-state index in [0.717, 1.165) is 11.4 Å². The highest BCUT2D eigenvalue weighted by Crippen LogP contribution is 2.40. The summed E-state index contributed by atoms with van der Waals surface area (Å²) >= 11 is 0. The number of nitrogens with zero attached hydrogens (tertiary/aromatic N) is 2. The van der Waals surface area contributed by atoms with E-state index >= 15 is 0 Å². The molecule has 0 bridgehead atoms. The molecule has 0 aliphatic heterocycles. The molecule has 2 aromatic heterocycles. The van der Waals surface area contributed by atoms with Crippen molar-refractivity contribution >= 4 is 72.4 Å². The molecule has 0 aliphatic rings. The largest absolute Gasteiger partial charge is 0.307 e. The van der Waals surface area contributed by atoms with Crippen LogP contribution < -0.4 is 20.7 Å². The van der Waals surface area contributed by atoms with Crippen LogP contribution in [0.2, 0.25) is 0 Å². The minimum atomic E-state index is -2.87. The molecule has 2 nitrogen and oxygen atoms in total. The highest BCUT2D eigenvalue weighted by Gasteiger charge is 2.43. The summed E-state index contributed by atoms with van der Waals surface area (Å²) in [4.78, 5) is 0. The van der Waals surface area contributed by atoms with Crippen molar-refractivity contribution in [1.82, 2.24) is 9.13 Å². The molecule has 0 saturated heterocycles. The van der Waals surface area contributed by atoms with Crippen LogP contribution in [-0.4, -0.2) is 17.2 Å². The summed E-state index contributed by atoms with van der Waals surface area (Å²) in [7, 11) is -2.87. The second kappa shape index (κ2) is 13.5. The number of hydrogen-bond donors (Lipinski definition) is 0. The lowest BCUT2D eigenvalue weighted by Crippen LogP contribution is -2.74. The van der Waals surface area contributed by atoms with Gasteiger partial charge in [0.05, 0.1) is 27.8 Å². The maximum atomic E-state index is 2.53. The number of para-hydroxylation sites is 3. The third-order valence-corrected chi connectivity index (χ3v) is 16.7. The Morgan fingerprint density at radius 1 is 0.316 bits per heavy atom. The predicted octanol–water partition coefficient (Wildman–Crippen LogP) is 10.9. The van der Waals surface area contributed by atoms with Crippen LogP contribution in [0, 0.1) is 0 Å². The average Bonchev–Trinajstić information content (AvgIpc) is 3.81. The van der Waals surface area contributed by atoms with Crippen molar-refractivity contribution in [2.75, 3.05) is 0 Å². The number of hydrogen-bond acceptors (Lipinski definition) is 0. The Bertz CT molecular complexity index is 3110. The highest BCUT2D eigenvalue weighted by molar-refractivity contribution is 7.20. The van der Waals surface area contributed by atoms with Gasteiger partial charge in [-0.2, -0.15) is 0 Å². The Labute approximate surface area is 333 Å². The van der Waals surface area contributed by atoms with E-state index in [-0.39, 0.29) is 0 Å². The molecule has 0 aliphatic carbocycles. The summed E-state index contributed by atoms with van der Waals surface area (Å²) in [6.45, 7) is 0. The van der Waals surface area contributed by atoms with E-state index in [4.69, 9.17) is 0 Å². The molecule has 11 rings (SSSR count). The van der Waals surface area contributed by atoms with Crippen LogP contribution in [0.5, 0.6) is 0 Å². The van der Waals surface area contributed by atoms with Crippen LogP contribution in [0.4, 0.5) is 0 Å². The standard InChI is InChI=1S/C54H38N2Si/c1-6-20-39(21-7-1)40-36-37-45-46-31-18-34-50(54(46)55(51(45)38-40)41-22-8-2-9-23-41)56-48-32-17-16-30-47(48)53-49(56)33-19-35-52(53)57(42-24-10-3-11-25-42,43-26-12-4-13-27-43)44-28-14-5-15-29-44/h1-38H. The van der Waals surface area contributed by atoms with Crippen molar-refractivity contribution in [3.05, 3.63) is 231 Å². The second-order valence-corrected chi connectivity index (χ2v) is 18.6. The lowest BCUT2D eigenvalue weighted by Gasteiger charge is -2.35. The number of rotatable bonds is 7. The molecular formula is C54H38N2Si. The number of benzene rings is 9. The van der Waals surface area contributed by atoms with Crippen molar-refractivity contribution in [1.29, 1.82) is 0 Å². The molecule has 2 heterocycles. The Balaban J connectivity index is 1.29. The first-order valence-corrected chi connectivity index (χ1v) is 21.7. The summed E-state index contributed by atoms with van der Waals surface area (Å²) in [5.41, 5.74) is 9.49. The van der Waals surface area contributed by atoms with Crippen molar-refractivity contribution in [2.24, 2.45) is 0 Å². The maximum Gasteiger partial charge on any atom is 0.180 e. The molecule has 9 aromatic carbocycles. The second-order valence-electron chi connectivity index (χ2n) is 14.8. The van der Waals surface area contributed by atoms with Gasteiger partial charge in [0.15, 0.2) is 8.07 Å². The SMILES string of the molecule is c1ccc(-c2ccc3c4cccc(-n5c6ccccc6c6c([Si](c7ccccc7)(c7ccccc7)c7ccccc7)cccc65)c4n(-c4ccccc4)c3c2)cc1. The zero-order chi connectivity index (χ0) is 37.8. The topological polar surface area (TPSA) is 9.86 Å². The van der Waals surface area contributed by atoms with Gasteiger partial charge < -0.3 is 9.13 Å². The van der Waals surface area contributed by atoms with E-state index in [0.29, 0.717) is 0 Å². The monoisotopic (exact) mass is 742 g/mol. The minimum Gasteiger partial charge on any atom is -0.307 e. The van der Waals surface area contributed by atoms with Gasteiger partial charge in [0, 0.05) is 27.2 Å². The predicted molar refractivity (Wildman–Crippen MR) is 244 cm³/mol. The fourth-order valence-corrected chi connectivity index (χ4v) is 14.5. The summed E-state index contributed by atoms with van der Waals surface area (Å²) in [6.07, 6.45) is 0. The van der Waals surface area contributed by atoms with Crippen LogP contribution in [-0.2, 0) is 0 Å². The first-order valence-electron chi connectivity index (χ1n) is 19.7. The number of aromatic nitrogens is 2. The van der Waals surface area contributed by atoms with Gasteiger partial charge in [-0.25, -0.2) is 0 Å². The van der Waals surface area contributed by atoms with Crippen molar-refractivity contribution in [2.45, 2.75) is 0 Å². The van der Waals surface area contributed by atoms with Gasteiger partial charge in [-0.3, -0.25) is 0 Å². The van der Waals surface area contributed by atoms with Gasteiger partial charge >= 0.3 is 0 Å². The van der Waals surface area contributed by atoms with Gasteiger partial charge in [0.1, 0.15) is 0 Å². The average molecular weight is 743 g/mol. The van der Waals surface area contributed by atoms with E-state index in [2.05, 4.69) is 240 Å². The van der Waals surface area contributed by atoms with Crippen LogP contribution in [0.25, 0.3) is 66.1 Å². The smallest absolute Gasteiger partial charge is 0.180 e. The van der Waals surface area contributed by atoms with Crippen LogP contribution in [0.1, 0.15) is 0 Å². The summed E-state index contributed by atoms with van der Waals surface area (Å²) < 4.78 is 5.01. The van der Waals surface area contributed by atoms with Crippen molar-refractivity contribution < 1.29 is 0 Å². The summed E-state index contributed by atoms with van der Waals surface area (Å²) in [5.74, 6) is 0. The molecule has 11 aromatic rings. The Morgan fingerprint density at radius 2 is 0.842 bits per heavy atom. The van der Waals surface area contributed by atoms with E-state index in [1.54, 1.807) is 0 Å². The molecule has 0 saturated carbocycles. The Kier molecular flexibility index (Phi) is 7.87. The van der Waals surface area contributed by atoms with Gasteiger partial charge in [0.2, 0.25) is 0 Å². The normalized spacial score (nSPS) is 11.9. The molecule has 268 valence electrons. The summed E-state index contributed by atoms with van der Waals surface area (Å²) in [5, 5.41) is 10.5. The van der Waals surface area contributed by atoms with E-state index in [9.17, 15) is 0 Å². The molecule has 0 radical (unpaired) electrons. The van der Waals surface area contributed by atoms with Gasteiger partial charge in [-0.1, -0.05) is 194 Å². The van der Waals surface area contributed by atoms with Gasteiger partial charge in [0.25, 0.3) is 0 Å². The molecule has 0 N–H and O–H groups in total.